The predicted molar refractivity (Wildman–Crippen MR) is 503 cm³/mol. The summed E-state index contributed by atoms with van der Waals surface area (Å²) in [7, 11) is 0. The Balaban J connectivity index is 0.000000128. The number of aryl methyl sites for hydroxylation is 3. The van der Waals surface area contributed by atoms with Crippen molar-refractivity contribution < 1.29 is 98.1 Å². The fourth-order valence-corrected chi connectivity index (χ4v) is 13.8. The van der Waals surface area contributed by atoms with Gasteiger partial charge in [0.15, 0.2) is 0 Å². The van der Waals surface area contributed by atoms with Crippen molar-refractivity contribution >= 4 is 88.3 Å². The molecule has 646 valence electrons. The van der Waals surface area contributed by atoms with Crippen LogP contribution in [-0.4, -0.2) is 59.8 Å². The van der Waals surface area contributed by atoms with E-state index in [2.05, 4.69) is 108 Å². The zero-order chi connectivity index (χ0) is 86.1. The number of hydrogen-bond acceptors (Lipinski definition) is 16. The molecule has 24 aromatic rings. The molecule has 20 heteroatoms. The van der Waals surface area contributed by atoms with Crippen LogP contribution >= 0.6 is 0 Å². The second kappa shape index (κ2) is 46.9. The zero-order valence-electron chi connectivity index (χ0n) is 70.4. The summed E-state index contributed by atoms with van der Waals surface area (Å²) >= 11 is 0. The molecule has 0 saturated carbocycles. The van der Waals surface area contributed by atoms with E-state index in [1.54, 1.807) is 62.0 Å². The molecule has 16 heterocycles. The standard InChI is InChI=1S/3C17H11N2O.C16H9N2O.4C11H8N.4Ir/c1-11-5-2-9-15(19-11)14-7-3-6-12-13-8-4-10-18-17(13)20-16(12)14;1-11-7-8-15(19-10-11)14-5-2-4-12-13-6-3-9-18-17(13)20-16(12)14;1-11-7-9-18-15(10-11)14-5-2-4-12-13-6-3-8-19-17(13)20-16(12)14;1-2-9-17-14(8-1)13-6-3-5-11-12-7-4-10-18-16(12)19-15(11)13;4*1-2-6-10(7-3-1)11-8-4-5-9-12-11;;;;/h2-6,8-10H,1H3;2*2-4,6-10H,1H3;1-5,7-10H;4*1-6,8-9H;;;;/q8*-1;;;;. The monoisotopic (exact) mass is 2410 g/mol. The predicted octanol–water partition coefficient (Wildman–Crippen LogP) is 26.5. The van der Waals surface area contributed by atoms with Crippen molar-refractivity contribution in [3.8, 4) is 90.1 Å². The number of pyridine rings is 12. The molecule has 0 spiro atoms. The molecule has 0 aliphatic heterocycles. The third kappa shape index (κ3) is 23.5. The molecule has 16 aromatic heterocycles. The average molecular weight is 2410 g/mol. The number of rotatable bonds is 8. The van der Waals surface area contributed by atoms with Crippen molar-refractivity contribution in [1.29, 1.82) is 0 Å². The van der Waals surface area contributed by atoms with Gasteiger partial charge in [0.05, 0.1) is 22.3 Å². The second-order valence-corrected chi connectivity index (χ2v) is 28.5. The van der Waals surface area contributed by atoms with E-state index in [0.717, 1.165) is 172 Å². The van der Waals surface area contributed by atoms with E-state index in [-0.39, 0.29) is 80.4 Å². The fourth-order valence-electron chi connectivity index (χ4n) is 13.8. The summed E-state index contributed by atoms with van der Waals surface area (Å²) in [5.41, 5.74) is 24.0. The first-order valence-electron chi connectivity index (χ1n) is 40.7. The van der Waals surface area contributed by atoms with Gasteiger partial charge in [-0.1, -0.05) is 140 Å². The van der Waals surface area contributed by atoms with E-state index >= 15 is 0 Å². The first-order chi connectivity index (χ1) is 62.8. The second-order valence-electron chi connectivity index (χ2n) is 28.5. The molecule has 0 aliphatic carbocycles. The maximum absolute atomic E-state index is 5.90. The van der Waals surface area contributed by atoms with Gasteiger partial charge in [0.25, 0.3) is 0 Å². The molecule has 0 aliphatic rings. The average Bonchev–Trinajstić information content (AvgIpc) is 1.64. The molecule has 0 atom stereocenters. The Labute approximate surface area is 811 Å². The Kier molecular flexibility index (Phi) is 33.6. The van der Waals surface area contributed by atoms with Gasteiger partial charge < -0.3 is 57.5 Å². The van der Waals surface area contributed by atoms with Gasteiger partial charge in [-0.3, -0.25) is 0 Å². The van der Waals surface area contributed by atoms with Gasteiger partial charge in [0, 0.05) is 176 Å². The zero-order valence-corrected chi connectivity index (χ0v) is 79.9. The smallest absolute Gasteiger partial charge is 0.216 e. The van der Waals surface area contributed by atoms with E-state index in [1.807, 2.05) is 355 Å². The normalized spacial score (nSPS) is 10.3. The molecule has 0 fully saturated rings. The first kappa shape index (κ1) is 94.0. The van der Waals surface area contributed by atoms with Crippen LogP contribution in [0.15, 0.2) is 413 Å². The minimum atomic E-state index is 0. The van der Waals surface area contributed by atoms with Crippen molar-refractivity contribution in [2.24, 2.45) is 0 Å². The van der Waals surface area contributed by atoms with Gasteiger partial charge >= 0.3 is 0 Å². The summed E-state index contributed by atoms with van der Waals surface area (Å²) in [6.45, 7) is 6.04. The van der Waals surface area contributed by atoms with Crippen LogP contribution in [0, 0.1) is 69.3 Å². The molecular formula is C111H74Ir4N12O4-8. The molecule has 16 nitrogen and oxygen atoms in total. The van der Waals surface area contributed by atoms with Gasteiger partial charge in [-0.15, -0.1) is 216 Å². The minimum absolute atomic E-state index is 0. The van der Waals surface area contributed by atoms with Gasteiger partial charge in [-0.25, -0.2) is 19.9 Å². The molecule has 8 aromatic carbocycles. The molecule has 0 N–H and O–H groups in total. The van der Waals surface area contributed by atoms with Crippen molar-refractivity contribution in [2.75, 3.05) is 0 Å². The van der Waals surface area contributed by atoms with Gasteiger partial charge in [-0.05, 0) is 163 Å². The maximum Gasteiger partial charge on any atom is 0.216 e. The number of furan rings is 4. The van der Waals surface area contributed by atoms with Crippen molar-refractivity contribution in [2.45, 2.75) is 20.8 Å². The number of nitrogens with zero attached hydrogens (tertiary/aromatic N) is 12. The Hall–Kier alpha value is -14.6. The van der Waals surface area contributed by atoms with Crippen LogP contribution in [0.2, 0.25) is 0 Å². The Bertz CT molecular complexity index is 7070. The number of benzene rings is 8. The third-order valence-electron chi connectivity index (χ3n) is 19.8. The van der Waals surface area contributed by atoms with Gasteiger partial charge in [0.1, 0.15) is 0 Å². The molecule has 24 rings (SSSR count). The van der Waals surface area contributed by atoms with E-state index in [1.165, 1.54) is 0 Å². The summed E-state index contributed by atoms with van der Waals surface area (Å²) in [5, 5.41) is 8.26. The van der Waals surface area contributed by atoms with Gasteiger partial charge in [0.2, 0.25) is 22.9 Å². The number of fused-ring (bicyclic) bond motifs is 12. The van der Waals surface area contributed by atoms with Crippen LogP contribution in [0.5, 0.6) is 0 Å². The molecule has 0 saturated heterocycles. The summed E-state index contributed by atoms with van der Waals surface area (Å²) in [4.78, 5) is 51.7. The Morgan fingerprint density at radius 2 is 0.496 bits per heavy atom. The van der Waals surface area contributed by atoms with Crippen LogP contribution in [0.25, 0.3) is 178 Å². The van der Waals surface area contributed by atoms with Crippen LogP contribution in [0.1, 0.15) is 16.8 Å². The fraction of sp³-hybridized carbons (Fsp3) is 0.0270. The van der Waals surface area contributed by atoms with E-state index in [0.29, 0.717) is 22.9 Å². The molecule has 0 amide bonds. The first-order valence-corrected chi connectivity index (χ1v) is 40.7. The number of hydrogen-bond donors (Lipinski definition) is 0. The SMILES string of the molecule is Cc1ccc(-c2[c-]ccc3c2oc2ncccc23)nc1.Cc1cccc(-c2[c-]ccc3c2oc2ncccc23)n1.Cc1ccnc(-c2[c-]ccc3c2oc2ncccc23)c1.[Ir].[Ir].[Ir].[Ir].[c-]1ccc2c(oc3ncccc32)c1-c1ccccn1.[c-]1ccccc1-c1ccccn1.[c-]1ccccc1-c1ccccn1.[c-]1ccccc1-c1ccccn1.[c-]1ccccc1-c1ccccn1. The van der Waals surface area contributed by atoms with E-state index in [4.69, 9.17) is 17.7 Å². The Morgan fingerprint density at radius 1 is 0.198 bits per heavy atom. The summed E-state index contributed by atoms with van der Waals surface area (Å²) < 4.78 is 23.5. The summed E-state index contributed by atoms with van der Waals surface area (Å²) in [6.07, 6.45) is 19.5. The van der Waals surface area contributed by atoms with Gasteiger partial charge in [-0.2, -0.15) is 0 Å². The summed E-state index contributed by atoms with van der Waals surface area (Å²) in [5.74, 6) is 0. The van der Waals surface area contributed by atoms with Crippen LogP contribution in [0.3, 0.4) is 0 Å². The van der Waals surface area contributed by atoms with E-state index in [9.17, 15) is 0 Å². The van der Waals surface area contributed by atoms with Crippen LogP contribution in [-0.2, 0) is 80.4 Å². The molecule has 131 heavy (non-hydrogen) atoms. The molecule has 0 bridgehead atoms. The molecular weight excluding hydrogens is 2330 g/mol. The molecule has 0 unspecified atom stereocenters. The third-order valence-corrected chi connectivity index (χ3v) is 19.8. The largest absolute Gasteiger partial charge is 0.486 e. The number of aromatic nitrogens is 12. The van der Waals surface area contributed by atoms with Crippen molar-refractivity contribution in [3.63, 3.8) is 0 Å². The topological polar surface area (TPSA) is 207 Å². The van der Waals surface area contributed by atoms with Crippen LogP contribution in [0.4, 0.5) is 0 Å². The summed E-state index contributed by atoms with van der Waals surface area (Å²) in [6, 6.07) is 131. The van der Waals surface area contributed by atoms with Crippen molar-refractivity contribution in [3.05, 3.63) is 461 Å². The van der Waals surface area contributed by atoms with Crippen molar-refractivity contribution in [1.82, 2.24) is 59.8 Å². The quantitative estimate of drug-likeness (QED) is 0.130. The molecule has 4 radical (unpaired) electrons. The minimum Gasteiger partial charge on any atom is -0.486 e. The van der Waals surface area contributed by atoms with Crippen LogP contribution < -0.4 is 0 Å². The maximum atomic E-state index is 5.90. The Morgan fingerprint density at radius 3 is 0.794 bits per heavy atom. The van der Waals surface area contributed by atoms with E-state index < -0.39 is 0 Å².